The van der Waals surface area contributed by atoms with E-state index in [0.717, 1.165) is 12.0 Å². The van der Waals surface area contributed by atoms with Crippen molar-refractivity contribution in [2.45, 2.75) is 13.3 Å². The third-order valence-corrected chi connectivity index (χ3v) is 2.63. The zero-order chi connectivity index (χ0) is 11.7. The molecule has 0 unspecified atom stereocenters. The average molecular weight is 218 g/mol. The van der Waals surface area contributed by atoms with Crippen LogP contribution < -0.4 is 11.2 Å². The molecule has 84 valence electrons. The number of aryl methyl sites for hydroxylation is 1. The normalized spacial score (nSPS) is 10.6. The summed E-state index contributed by atoms with van der Waals surface area (Å²) in [5.41, 5.74) is 7.99. The summed E-state index contributed by atoms with van der Waals surface area (Å²) in [6.07, 6.45) is 4.01. The minimum Gasteiger partial charge on any atom is -0.384 e. The van der Waals surface area contributed by atoms with Gasteiger partial charge < -0.3 is 10.7 Å². The van der Waals surface area contributed by atoms with Crippen LogP contribution in [0.25, 0.3) is 11.3 Å². The Kier molecular flexibility index (Phi) is 2.52. The highest BCUT2D eigenvalue weighted by Gasteiger charge is 2.15. The lowest BCUT2D eigenvalue weighted by Gasteiger charge is -1.99. The van der Waals surface area contributed by atoms with Crippen LogP contribution in [-0.2, 0) is 13.5 Å². The second kappa shape index (κ2) is 3.84. The van der Waals surface area contributed by atoms with Gasteiger partial charge in [0.05, 0.1) is 5.56 Å². The Morgan fingerprint density at radius 3 is 2.94 bits per heavy atom. The van der Waals surface area contributed by atoms with Gasteiger partial charge in [0.15, 0.2) is 5.43 Å². The quantitative estimate of drug-likeness (QED) is 0.786. The Hall–Kier alpha value is -2.04. The first-order valence-electron chi connectivity index (χ1n) is 5.14. The van der Waals surface area contributed by atoms with Crippen molar-refractivity contribution in [1.29, 1.82) is 0 Å². The molecule has 16 heavy (non-hydrogen) atoms. The standard InChI is InChI=1S/C11H14N4O/c1-3-7-10(14-15(2)11(7)12)8-6-13-5-4-9(8)16/h4-6H,3,12H2,1-2H3,(H,13,16). The Morgan fingerprint density at radius 1 is 1.56 bits per heavy atom. The van der Waals surface area contributed by atoms with Crippen LogP contribution in [-0.4, -0.2) is 14.8 Å². The molecule has 0 saturated heterocycles. The SMILES string of the molecule is CCc1c(-c2c[nH]ccc2=O)nn(C)c1N. The molecule has 0 aliphatic heterocycles. The van der Waals surface area contributed by atoms with Gasteiger partial charge in [-0.15, -0.1) is 0 Å². The first-order chi connectivity index (χ1) is 7.65. The van der Waals surface area contributed by atoms with Gasteiger partial charge >= 0.3 is 0 Å². The fourth-order valence-corrected chi connectivity index (χ4v) is 1.75. The van der Waals surface area contributed by atoms with Crippen LogP contribution in [0.2, 0.25) is 0 Å². The van der Waals surface area contributed by atoms with Crippen LogP contribution in [0.15, 0.2) is 23.3 Å². The second-order valence-electron chi connectivity index (χ2n) is 3.61. The zero-order valence-corrected chi connectivity index (χ0v) is 9.32. The van der Waals surface area contributed by atoms with Crippen LogP contribution in [0.1, 0.15) is 12.5 Å². The van der Waals surface area contributed by atoms with E-state index in [1.165, 1.54) is 6.07 Å². The van der Waals surface area contributed by atoms with Crippen LogP contribution in [0.4, 0.5) is 5.82 Å². The van der Waals surface area contributed by atoms with E-state index >= 15 is 0 Å². The number of aromatic amines is 1. The number of pyridine rings is 1. The van der Waals surface area contributed by atoms with Crippen molar-refractivity contribution in [1.82, 2.24) is 14.8 Å². The van der Waals surface area contributed by atoms with Gasteiger partial charge in [-0.3, -0.25) is 9.48 Å². The molecule has 0 saturated carbocycles. The summed E-state index contributed by atoms with van der Waals surface area (Å²) >= 11 is 0. The van der Waals surface area contributed by atoms with E-state index < -0.39 is 0 Å². The number of rotatable bonds is 2. The minimum atomic E-state index is -0.0495. The van der Waals surface area contributed by atoms with Crippen molar-refractivity contribution in [3.05, 3.63) is 34.2 Å². The number of nitrogens with zero attached hydrogens (tertiary/aromatic N) is 2. The number of H-pyrrole nitrogens is 1. The fraction of sp³-hybridized carbons (Fsp3) is 0.273. The zero-order valence-electron chi connectivity index (χ0n) is 9.32. The van der Waals surface area contributed by atoms with E-state index in [1.807, 2.05) is 6.92 Å². The van der Waals surface area contributed by atoms with E-state index in [9.17, 15) is 4.79 Å². The summed E-state index contributed by atoms with van der Waals surface area (Å²) in [5, 5.41) is 4.28. The monoisotopic (exact) mass is 218 g/mol. The summed E-state index contributed by atoms with van der Waals surface area (Å²) in [4.78, 5) is 14.6. The number of aromatic nitrogens is 3. The van der Waals surface area contributed by atoms with E-state index in [0.29, 0.717) is 17.1 Å². The highest BCUT2D eigenvalue weighted by molar-refractivity contribution is 5.67. The molecule has 0 fully saturated rings. The van der Waals surface area contributed by atoms with E-state index in [2.05, 4.69) is 10.1 Å². The molecule has 0 amide bonds. The van der Waals surface area contributed by atoms with Crippen molar-refractivity contribution in [2.75, 3.05) is 5.73 Å². The molecular weight excluding hydrogens is 204 g/mol. The van der Waals surface area contributed by atoms with Crippen LogP contribution in [0.5, 0.6) is 0 Å². The number of hydrogen-bond donors (Lipinski definition) is 2. The molecule has 0 bridgehead atoms. The lowest BCUT2D eigenvalue weighted by molar-refractivity contribution is 0.781. The maximum absolute atomic E-state index is 11.7. The maximum Gasteiger partial charge on any atom is 0.191 e. The molecule has 0 aliphatic carbocycles. The topological polar surface area (TPSA) is 76.7 Å². The highest BCUT2D eigenvalue weighted by atomic mass is 16.1. The molecule has 0 aliphatic rings. The molecule has 2 aromatic heterocycles. The summed E-state index contributed by atoms with van der Waals surface area (Å²) in [6.45, 7) is 1.99. The third kappa shape index (κ3) is 1.50. The molecule has 0 aromatic carbocycles. The van der Waals surface area contributed by atoms with E-state index in [-0.39, 0.29) is 5.43 Å². The predicted octanol–water partition coefficient (Wildman–Crippen LogP) is 0.920. The van der Waals surface area contributed by atoms with E-state index in [1.54, 1.807) is 24.1 Å². The Balaban J connectivity index is 2.70. The van der Waals surface area contributed by atoms with Crippen molar-refractivity contribution in [3.8, 4) is 11.3 Å². The van der Waals surface area contributed by atoms with Crippen LogP contribution >= 0.6 is 0 Å². The molecule has 0 atom stereocenters. The molecule has 2 aromatic rings. The van der Waals surface area contributed by atoms with Crippen molar-refractivity contribution >= 4 is 5.82 Å². The summed E-state index contributed by atoms with van der Waals surface area (Å²) < 4.78 is 1.60. The Morgan fingerprint density at radius 2 is 2.31 bits per heavy atom. The van der Waals surface area contributed by atoms with Crippen molar-refractivity contribution in [2.24, 2.45) is 7.05 Å². The maximum atomic E-state index is 11.7. The largest absolute Gasteiger partial charge is 0.384 e. The molecule has 5 nitrogen and oxygen atoms in total. The van der Waals surface area contributed by atoms with Gasteiger partial charge in [-0.05, 0) is 6.42 Å². The second-order valence-corrected chi connectivity index (χ2v) is 3.61. The van der Waals surface area contributed by atoms with Crippen LogP contribution in [0.3, 0.4) is 0 Å². The van der Waals surface area contributed by atoms with Gasteiger partial charge in [-0.2, -0.15) is 5.10 Å². The molecule has 0 radical (unpaired) electrons. The van der Waals surface area contributed by atoms with Gasteiger partial charge in [-0.25, -0.2) is 0 Å². The van der Waals surface area contributed by atoms with Gasteiger partial charge in [0, 0.05) is 31.1 Å². The summed E-state index contributed by atoms with van der Waals surface area (Å²) in [7, 11) is 1.77. The first-order valence-corrected chi connectivity index (χ1v) is 5.14. The Labute approximate surface area is 92.9 Å². The molecule has 0 spiro atoms. The Bertz CT molecular complexity index is 568. The number of nitrogen functional groups attached to an aromatic ring is 1. The minimum absolute atomic E-state index is 0.0495. The molecule has 5 heteroatoms. The first kappa shape index (κ1) is 10.5. The smallest absolute Gasteiger partial charge is 0.191 e. The van der Waals surface area contributed by atoms with Crippen molar-refractivity contribution in [3.63, 3.8) is 0 Å². The summed E-state index contributed by atoms with van der Waals surface area (Å²) in [5.74, 6) is 0.612. The predicted molar refractivity (Wildman–Crippen MR) is 63.1 cm³/mol. The van der Waals surface area contributed by atoms with Gasteiger partial charge in [-0.1, -0.05) is 6.92 Å². The van der Waals surface area contributed by atoms with Gasteiger partial charge in [0.25, 0.3) is 0 Å². The molecule has 3 N–H and O–H groups in total. The molecular formula is C11H14N4O. The number of hydrogen-bond acceptors (Lipinski definition) is 3. The van der Waals surface area contributed by atoms with Crippen molar-refractivity contribution < 1.29 is 0 Å². The fourth-order valence-electron chi connectivity index (χ4n) is 1.75. The highest BCUT2D eigenvalue weighted by Crippen LogP contribution is 2.24. The number of anilines is 1. The third-order valence-electron chi connectivity index (χ3n) is 2.63. The van der Waals surface area contributed by atoms with Crippen LogP contribution in [0, 0.1) is 0 Å². The van der Waals surface area contributed by atoms with Gasteiger partial charge in [0.2, 0.25) is 0 Å². The average Bonchev–Trinajstić information content (AvgIpc) is 2.56. The van der Waals surface area contributed by atoms with Gasteiger partial charge in [0.1, 0.15) is 11.5 Å². The number of nitrogens with two attached hydrogens (primary N) is 1. The molecule has 2 rings (SSSR count). The number of nitrogens with one attached hydrogen (secondary N) is 1. The summed E-state index contributed by atoms with van der Waals surface area (Å²) in [6, 6.07) is 1.49. The molecule has 2 heterocycles. The lowest BCUT2D eigenvalue weighted by Crippen LogP contribution is -2.04. The lowest BCUT2D eigenvalue weighted by atomic mass is 10.1. The van der Waals surface area contributed by atoms with E-state index in [4.69, 9.17) is 5.73 Å².